The predicted molar refractivity (Wildman–Crippen MR) is 120 cm³/mol. The first-order valence-electron chi connectivity index (χ1n) is 8.14. The van der Waals surface area contributed by atoms with Gasteiger partial charge >= 0.3 is 0 Å². The lowest BCUT2D eigenvalue weighted by Crippen LogP contribution is -2.54. The van der Waals surface area contributed by atoms with E-state index in [1.54, 1.807) is 43.3 Å². The van der Waals surface area contributed by atoms with Crippen molar-refractivity contribution >= 4 is 75.1 Å². The van der Waals surface area contributed by atoms with Crippen molar-refractivity contribution < 1.29 is 19.4 Å². The van der Waals surface area contributed by atoms with Crippen molar-refractivity contribution in [2.45, 2.75) is 6.92 Å². The zero-order chi connectivity index (χ0) is 20.4. The number of anilines is 1. The number of nitrogens with zero attached hydrogens (tertiary/aromatic N) is 1. The van der Waals surface area contributed by atoms with Gasteiger partial charge in [0.05, 0.1) is 20.9 Å². The van der Waals surface area contributed by atoms with Gasteiger partial charge in [0.2, 0.25) is 0 Å². The predicted octanol–water partition coefficient (Wildman–Crippen LogP) is 3.88. The fourth-order valence-corrected chi connectivity index (χ4v) is 3.74. The van der Waals surface area contributed by atoms with Crippen LogP contribution in [0.3, 0.4) is 0 Å². The van der Waals surface area contributed by atoms with Gasteiger partial charge < -0.3 is 9.84 Å². The number of amides is 2. The molecule has 1 aliphatic rings. The summed E-state index contributed by atoms with van der Waals surface area (Å²) in [5, 5.41) is 12.9. The van der Waals surface area contributed by atoms with Crippen LogP contribution in [-0.4, -0.2) is 28.6 Å². The molecule has 1 fully saturated rings. The highest BCUT2D eigenvalue weighted by Gasteiger charge is 2.35. The quantitative estimate of drug-likeness (QED) is 0.273. The van der Waals surface area contributed by atoms with Gasteiger partial charge in [-0.15, -0.1) is 0 Å². The highest BCUT2D eigenvalue weighted by molar-refractivity contribution is 14.1. The minimum atomic E-state index is -0.612. The average molecular weight is 529 g/mol. The van der Waals surface area contributed by atoms with Gasteiger partial charge in [0.1, 0.15) is 5.57 Å². The summed E-state index contributed by atoms with van der Waals surface area (Å²) in [5.41, 5.74) is 0.786. The van der Waals surface area contributed by atoms with Crippen molar-refractivity contribution in [3.63, 3.8) is 0 Å². The molecule has 2 aromatic carbocycles. The number of phenols is 1. The van der Waals surface area contributed by atoms with Crippen molar-refractivity contribution in [2.24, 2.45) is 0 Å². The van der Waals surface area contributed by atoms with Crippen LogP contribution in [0, 0.1) is 3.57 Å². The largest absolute Gasteiger partial charge is 0.504 e. The molecule has 2 aromatic rings. The second-order valence-electron chi connectivity index (χ2n) is 5.69. The van der Waals surface area contributed by atoms with E-state index in [1.165, 1.54) is 11.0 Å². The summed E-state index contributed by atoms with van der Waals surface area (Å²) in [4.78, 5) is 26.6. The van der Waals surface area contributed by atoms with Crippen LogP contribution in [0.1, 0.15) is 12.5 Å². The second-order valence-corrected chi connectivity index (χ2v) is 7.65. The summed E-state index contributed by atoms with van der Waals surface area (Å²) in [6.07, 6.45) is 1.42. The van der Waals surface area contributed by atoms with Crippen molar-refractivity contribution in [2.75, 3.05) is 11.5 Å². The molecule has 1 saturated heterocycles. The summed E-state index contributed by atoms with van der Waals surface area (Å²) in [7, 11) is 0. The number of halogens is 2. The van der Waals surface area contributed by atoms with Crippen LogP contribution in [-0.2, 0) is 9.59 Å². The lowest BCUT2D eigenvalue weighted by Gasteiger charge is -2.29. The van der Waals surface area contributed by atoms with Gasteiger partial charge in [-0.3, -0.25) is 19.8 Å². The van der Waals surface area contributed by atoms with Crippen molar-refractivity contribution in [1.82, 2.24) is 5.32 Å². The fraction of sp³-hybridized carbons (Fsp3) is 0.105. The summed E-state index contributed by atoms with van der Waals surface area (Å²) in [6, 6.07) is 9.90. The number of nitrogens with one attached hydrogen (secondary N) is 1. The molecule has 0 saturated carbocycles. The van der Waals surface area contributed by atoms with E-state index in [0.29, 0.717) is 26.5 Å². The van der Waals surface area contributed by atoms with Crippen molar-refractivity contribution in [3.8, 4) is 11.5 Å². The van der Waals surface area contributed by atoms with Gasteiger partial charge in [0.25, 0.3) is 11.8 Å². The molecule has 0 spiro atoms. The number of thiocarbonyl (C=S) groups is 1. The number of aromatic hydroxyl groups is 1. The molecule has 2 amide bonds. The Morgan fingerprint density at radius 1 is 1.32 bits per heavy atom. The molecule has 0 aliphatic carbocycles. The zero-order valence-electron chi connectivity index (χ0n) is 14.5. The van der Waals surface area contributed by atoms with Crippen LogP contribution in [0.25, 0.3) is 6.08 Å². The van der Waals surface area contributed by atoms with Crippen LogP contribution in [0.4, 0.5) is 5.69 Å². The van der Waals surface area contributed by atoms with Crippen LogP contribution in [0.15, 0.2) is 42.0 Å². The van der Waals surface area contributed by atoms with E-state index in [0.717, 1.165) is 0 Å². The average Bonchev–Trinajstić information content (AvgIpc) is 2.64. The molecular formula is C19H14ClIN2O4S. The SMILES string of the molecule is CCOc1cc(/C=C2\C(=O)NC(=S)N(c3ccccc3Cl)C2=O)cc(I)c1O. The molecule has 1 aliphatic heterocycles. The number of para-hydroxylation sites is 1. The molecule has 0 aromatic heterocycles. The Bertz CT molecular complexity index is 1020. The van der Waals surface area contributed by atoms with Gasteiger partial charge in [0, 0.05) is 0 Å². The first kappa shape index (κ1) is 20.6. The Morgan fingerprint density at radius 3 is 2.71 bits per heavy atom. The Hall–Kier alpha value is -2.17. The Kier molecular flexibility index (Phi) is 6.21. The minimum absolute atomic E-state index is 0.00268. The van der Waals surface area contributed by atoms with Crippen LogP contribution >= 0.6 is 46.4 Å². The summed E-state index contributed by atoms with van der Waals surface area (Å²) in [5.74, 6) is -0.937. The molecule has 9 heteroatoms. The van der Waals surface area contributed by atoms with E-state index in [2.05, 4.69) is 5.32 Å². The maximum absolute atomic E-state index is 13.0. The zero-order valence-corrected chi connectivity index (χ0v) is 18.3. The molecule has 6 nitrogen and oxygen atoms in total. The fourth-order valence-electron chi connectivity index (χ4n) is 2.62. The molecule has 28 heavy (non-hydrogen) atoms. The first-order chi connectivity index (χ1) is 13.3. The van der Waals surface area contributed by atoms with E-state index < -0.39 is 11.8 Å². The number of hydrogen-bond donors (Lipinski definition) is 2. The van der Waals surface area contributed by atoms with Gasteiger partial charge in [-0.25, -0.2) is 0 Å². The molecule has 3 rings (SSSR count). The molecule has 1 heterocycles. The molecule has 0 atom stereocenters. The summed E-state index contributed by atoms with van der Waals surface area (Å²) < 4.78 is 5.93. The van der Waals surface area contributed by atoms with E-state index in [4.69, 9.17) is 28.6 Å². The Morgan fingerprint density at radius 2 is 2.04 bits per heavy atom. The summed E-state index contributed by atoms with van der Waals surface area (Å²) >= 11 is 13.3. The Labute approximate surface area is 185 Å². The normalized spacial score (nSPS) is 15.8. The monoisotopic (exact) mass is 528 g/mol. The number of carbonyl (C=O) groups excluding carboxylic acids is 2. The third-order valence-corrected chi connectivity index (χ3v) is 5.28. The molecule has 2 N–H and O–H groups in total. The highest BCUT2D eigenvalue weighted by atomic mass is 127. The lowest BCUT2D eigenvalue weighted by atomic mass is 10.1. The molecular weight excluding hydrogens is 515 g/mol. The molecule has 144 valence electrons. The topological polar surface area (TPSA) is 78.9 Å². The van der Waals surface area contributed by atoms with Crippen LogP contribution in [0.5, 0.6) is 11.5 Å². The van der Waals surface area contributed by atoms with Crippen LogP contribution in [0.2, 0.25) is 5.02 Å². The summed E-state index contributed by atoms with van der Waals surface area (Å²) in [6.45, 7) is 2.15. The van der Waals surface area contributed by atoms with Gasteiger partial charge in [-0.2, -0.15) is 0 Å². The first-order valence-corrected chi connectivity index (χ1v) is 10.0. The van der Waals surface area contributed by atoms with Crippen molar-refractivity contribution in [1.29, 1.82) is 0 Å². The standard InChI is InChI=1S/C19H14ClIN2O4S/c1-2-27-15-9-10(8-13(21)16(15)24)7-11-17(25)22-19(28)23(18(11)26)14-6-4-3-5-12(14)20/h3-9,24H,2H2,1H3,(H,22,25,28)/b11-7+. The van der Waals surface area contributed by atoms with E-state index in [1.807, 2.05) is 22.6 Å². The second kappa shape index (κ2) is 8.46. The molecule has 0 unspecified atom stereocenters. The number of hydrogen-bond acceptors (Lipinski definition) is 5. The van der Waals surface area contributed by atoms with E-state index in [9.17, 15) is 14.7 Å². The Balaban J connectivity index is 2.06. The maximum atomic E-state index is 13.0. The third-order valence-electron chi connectivity index (χ3n) is 3.86. The maximum Gasteiger partial charge on any atom is 0.270 e. The number of carbonyl (C=O) groups is 2. The minimum Gasteiger partial charge on any atom is -0.504 e. The van der Waals surface area contributed by atoms with Gasteiger partial charge in [-0.1, -0.05) is 23.7 Å². The van der Waals surface area contributed by atoms with Crippen LogP contribution < -0.4 is 15.0 Å². The third kappa shape index (κ3) is 3.98. The number of rotatable bonds is 4. The highest BCUT2D eigenvalue weighted by Crippen LogP contribution is 2.34. The number of benzene rings is 2. The van der Waals surface area contributed by atoms with E-state index >= 15 is 0 Å². The van der Waals surface area contributed by atoms with E-state index in [-0.39, 0.29) is 22.2 Å². The number of ether oxygens (including phenoxy) is 1. The van der Waals surface area contributed by atoms with Gasteiger partial charge in [0.15, 0.2) is 16.6 Å². The lowest BCUT2D eigenvalue weighted by molar-refractivity contribution is -0.122. The van der Waals surface area contributed by atoms with Crippen molar-refractivity contribution in [3.05, 3.63) is 56.1 Å². The molecule has 0 radical (unpaired) electrons. The smallest absolute Gasteiger partial charge is 0.270 e. The molecule has 0 bridgehead atoms. The number of phenolic OH excluding ortho intramolecular Hbond substituents is 1. The van der Waals surface area contributed by atoms with Gasteiger partial charge in [-0.05, 0) is 77.6 Å².